The third kappa shape index (κ3) is 6.53. The van der Waals surface area contributed by atoms with Gasteiger partial charge in [-0.3, -0.25) is 9.19 Å². The van der Waals surface area contributed by atoms with Crippen LogP contribution in [0, 0.1) is 0 Å². The lowest BCUT2D eigenvalue weighted by molar-refractivity contribution is 0.122. The number of anilines is 2. The Balaban J connectivity index is 1.78. The van der Waals surface area contributed by atoms with Crippen molar-refractivity contribution in [3.05, 3.63) is 95.6 Å². The molecule has 3 aromatic carbocycles. The number of hydrogen-bond acceptors (Lipinski definition) is 4. The molecule has 1 saturated heterocycles. The Morgan fingerprint density at radius 1 is 0.943 bits per heavy atom. The molecule has 1 unspecified atom stereocenters. The predicted molar refractivity (Wildman–Crippen MR) is 142 cm³/mol. The zero-order valence-electron chi connectivity index (χ0n) is 20.8. The lowest BCUT2D eigenvalue weighted by Crippen LogP contribution is -2.37. The maximum Gasteiger partial charge on any atom is 0.433 e. The maximum atomic E-state index is 13.9. The summed E-state index contributed by atoms with van der Waals surface area (Å²) in [7, 11) is -4.23. The Morgan fingerprint density at radius 3 is 2.14 bits per heavy atom. The van der Waals surface area contributed by atoms with Crippen LogP contribution in [-0.2, 0) is 32.4 Å². The van der Waals surface area contributed by atoms with Gasteiger partial charge in [-0.25, -0.2) is 4.57 Å². The average Bonchev–Trinajstić information content (AvgIpc) is 2.87. The van der Waals surface area contributed by atoms with Crippen LogP contribution in [0.15, 0.2) is 78.9 Å². The molecule has 1 fully saturated rings. The highest BCUT2D eigenvalue weighted by atomic mass is 31.2. The summed E-state index contributed by atoms with van der Waals surface area (Å²) in [6, 6.07) is 25.5. The van der Waals surface area contributed by atoms with Crippen molar-refractivity contribution in [3.8, 4) is 0 Å². The van der Waals surface area contributed by atoms with Gasteiger partial charge in [-0.15, -0.1) is 0 Å². The van der Waals surface area contributed by atoms with Gasteiger partial charge in [0.25, 0.3) is 0 Å². The number of hydrogen-bond donors (Lipinski definition) is 1. The Bertz CT molecular complexity index is 1140. The van der Waals surface area contributed by atoms with Crippen molar-refractivity contribution in [1.29, 1.82) is 0 Å². The van der Waals surface area contributed by atoms with E-state index in [-0.39, 0.29) is 18.6 Å². The quantitative estimate of drug-likeness (QED) is 0.379. The van der Waals surface area contributed by atoms with Gasteiger partial charge in [0, 0.05) is 13.1 Å². The monoisotopic (exact) mass is 494 g/mol. The molecule has 0 saturated carbocycles. The van der Waals surface area contributed by atoms with Crippen molar-refractivity contribution in [3.63, 3.8) is 0 Å². The maximum absolute atomic E-state index is 13.9. The molecule has 35 heavy (non-hydrogen) atoms. The molecule has 0 spiro atoms. The van der Waals surface area contributed by atoms with Crippen LogP contribution in [0.4, 0.5) is 11.4 Å². The molecule has 0 aliphatic carbocycles. The van der Waals surface area contributed by atoms with Gasteiger partial charge < -0.3 is 14.5 Å². The molecular weight excluding hydrogens is 459 g/mol. The van der Waals surface area contributed by atoms with E-state index in [0.29, 0.717) is 18.9 Å². The molecule has 186 valence electrons. The second kappa shape index (κ2) is 11.0. The van der Waals surface area contributed by atoms with E-state index in [2.05, 4.69) is 37.8 Å². The largest absolute Gasteiger partial charge is 0.433 e. The molecule has 3 aromatic rings. The van der Waals surface area contributed by atoms with Gasteiger partial charge in [0.2, 0.25) is 0 Å². The fourth-order valence-corrected chi connectivity index (χ4v) is 5.37. The van der Waals surface area contributed by atoms with E-state index in [1.807, 2.05) is 66.7 Å². The van der Waals surface area contributed by atoms with E-state index in [4.69, 9.17) is 9.26 Å². The van der Waals surface area contributed by atoms with E-state index in [0.717, 1.165) is 35.5 Å². The fourth-order valence-electron chi connectivity index (χ4n) is 4.14. The van der Waals surface area contributed by atoms with Crippen LogP contribution in [0.25, 0.3) is 0 Å². The molecule has 0 aromatic heterocycles. The SMILES string of the molecule is CC(C)(C)c1ccc(N2CCOCC2)c(N(Cc2ccccc2)P(=O)(O)OCc2ccccc2)c1. The van der Waals surface area contributed by atoms with Crippen LogP contribution in [0.2, 0.25) is 0 Å². The molecule has 0 amide bonds. The summed E-state index contributed by atoms with van der Waals surface area (Å²) in [5, 5.41) is 0. The molecular formula is C28H35N2O4P. The highest BCUT2D eigenvalue weighted by Gasteiger charge is 2.34. The van der Waals surface area contributed by atoms with Crippen molar-refractivity contribution < 1.29 is 18.7 Å². The first-order valence-corrected chi connectivity index (χ1v) is 13.6. The number of morpholine rings is 1. The molecule has 0 bridgehead atoms. The van der Waals surface area contributed by atoms with Crippen molar-refractivity contribution in [1.82, 2.24) is 0 Å². The van der Waals surface area contributed by atoms with E-state index < -0.39 is 7.75 Å². The summed E-state index contributed by atoms with van der Waals surface area (Å²) in [6.07, 6.45) is 0. The molecule has 4 rings (SSSR count). The normalized spacial score (nSPS) is 16.1. The predicted octanol–water partition coefficient (Wildman–Crippen LogP) is 6.14. The molecule has 1 aliphatic heterocycles. The Kier molecular flexibility index (Phi) is 7.98. The summed E-state index contributed by atoms with van der Waals surface area (Å²) in [4.78, 5) is 13.6. The van der Waals surface area contributed by atoms with Crippen LogP contribution in [-0.4, -0.2) is 31.2 Å². The van der Waals surface area contributed by atoms with Crippen LogP contribution in [0.1, 0.15) is 37.5 Å². The van der Waals surface area contributed by atoms with Crippen molar-refractivity contribution in [2.75, 3.05) is 35.9 Å². The summed E-state index contributed by atoms with van der Waals surface area (Å²) in [5.41, 5.74) is 4.35. The first-order chi connectivity index (χ1) is 16.7. The highest BCUT2D eigenvalue weighted by Crippen LogP contribution is 2.53. The van der Waals surface area contributed by atoms with Gasteiger partial charge in [-0.1, -0.05) is 87.5 Å². The third-order valence-corrected chi connectivity index (χ3v) is 7.63. The zero-order valence-corrected chi connectivity index (χ0v) is 21.7. The third-order valence-electron chi connectivity index (χ3n) is 6.19. The van der Waals surface area contributed by atoms with Crippen LogP contribution in [0.5, 0.6) is 0 Å². The molecule has 1 aliphatic rings. The van der Waals surface area contributed by atoms with Crippen LogP contribution < -0.4 is 9.57 Å². The van der Waals surface area contributed by atoms with E-state index >= 15 is 0 Å². The number of benzene rings is 3. The first kappa shape index (κ1) is 25.5. The second-order valence-electron chi connectivity index (χ2n) is 9.85. The smallest absolute Gasteiger partial charge is 0.378 e. The molecule has 0 radical (unpaired) electrons. The lowest BCUT2D eigenvalue weighted by atomic mass is 9.86. The van der Waals surface area contributed by atoms with Gasteiger partial charge in [0.05, 0.1) is 37.7 Å². The zero-order chi connectivity index (χ0) is 24.9. The highest BCUT2D eigenvalue weighted by molar-refractivity contribution is 7.54. The van der Waals surface area contributed by atoms with E-state index in [1.165, 1.54) is 0 Å². The Morgan fingerprint density at radius 2 is 1.54 bits per heavy atom. The number of rotatable bonds is 8. The standard InChI is InChI=1S/C28H35N2O4P/c1-28(2,3)25-14-15-26(29-16-18-33-19-17-29)27(20-25)30(21-23-10-6-4-7-11-23)35(31,32)34-22-24-12-8-5-9-13-24/h4-15,20H,16-19,21-22H2,1-3H3,(H,31,32). The fraction of sp³-hybridized carbons (Fsp3) is 0.357. The van der Waals surface area contributed by atoms with Gasteiger partial charge >= 0.3 is 7.75 Å². The summed E-state index contributed by atoms with van der Waals surface area (Å²) >= 11 is 0. The average molecular weight is 495 g/mol. The topological polar surface area (TPSA) is 62.2 Å². The van der Waals surface area contributed by atoms with Gasteiger partial charge in [-0.05, 0) is 34.2 Å². The first-order valence-electron chi connectivity index (χ1n) is 12.0. The van der Waals surface area contributed by atoms with Crippen molar-refractivity contribution >= 4 is 19.1 Å². The molecule has 1 N–H and O–H groups in total. The Labute approximate surface area is 208 Å². The number of nitrogens with zero attached hydrogens (tertiary/aromatic N) is 2. The van der Waals surface area contributed by atoms with Gasteiger partial charge in [0.1, 0.15) is 0 Å². The molecule has 1 atom stereocenters. The van der Waals surface area contributed by atoms with Gasteiger partial charge in [-0.2, -0.15) is 0 Å². The van der Waals surface area contributed by atoms with Crippen molar-refractivity contribution in [2.24, 2.45) is 0 Å². The molecule has 6 nitrogen and oxygen atoms in total. The van der Waals surface area contributed by atoms with E-state index in [9.17, 15) is 9.46 Å². The van der Waals surface area contributed by atoms with E-state index in [1.54, 1.807) is 4.67 Å². The molecule has 7 heteroatoms. The Hall–Kier alpha value is -2.63. The summed E-state index contributed by atoms with van der Waals surface area (Å²) in [5.74, 6) is 0. The minimum Gasteiger partial charge on any atom is -0.378 e. The van der Waals surface area contributed by atoms with Gasteiger partial charge in [0.15, 0.2) is 0 Å². The van der Waals surface area contributed by atoms with Crippen LogP contribution >= 0.6 is 7.75 Å². The van der Waals surface area contributed by atoms with Crippen LogP contribution in [0.3, 0.4) is 0 Å². The molecule has 1 heterocycles. The summed E-state index contributed by atoms with van der Waals surface area (Å²) in [6.45, 7) is 9.43. The van der Waals surface area contributed by atoms with Crippen molar-refractivity contribution in [2.45, 2.75) is 39.3 Å². The minimum atomic E-state index is -4.23. The summed E-state index contributed by atoms with van der Waals surface area (Å²) < 4.78 is 26.8. The number of ether oxygens (including phenoxy) is 1. The minimum absolute atomic E-state index is 0.0474. The lowest BCUT2D eigenvalue weighted by Gasteiger charge is -2.36. The second-order valence-corrected chi connectivity index (χ2v) is 11.6.